The van der Waals surface area contributed by atoms with Gasteiger partial charge in [-0.05, 0) is 38.0 Å². The highest BCUT2D eigenvalue weighted by atomic mass is 32.2. The minimum atomic E-state index is -3.19. The Hall–Kier alpha value is -0.430. The van der Waals surface area contributed by atoms with Gasteiger partial charge < -0.3 is 4.90 Å². The molecule has 0 saturated carbocycles. The van der Waals surface area contributed by atoms with Crippen molar-refractivity contribution in [2.24, 2.45) is 5.92 Å². The van der Waals surface area contributed by atoms with Crippen molar-refractivity contribution in [1.82, 2.24) is 13.5 Å². The third-order valence-corrected chi connectivity index (χ3v) is 6.98. The van der Waals surface area contributed by atoms with E-state index in [1.54, 1.807) is 8.61 Å². The highest BCUT2D eigenvalue weighted by molar-refractivity contribution is 7.86. The Bertz CT molecular complexity index is 463. The largest absolute Gasteiger partial charge is 0.300 e. The molecular formula is C15H27N3O2S. The lowest BCUT2D eigenvalue weighted by Crippen LogP contribution is -2.53. The Morgan fingerprint density at radius 1 is 0.905 bits per heavy atom. The van der Waals surface area contributed by atoms with Gasteiger partial charge in [0.05, 0.1) is 0 Å². The molecule has 0 N–H and O–H groups in total. The van der Waals surface area contributed by atoms with E-state index in [-0.39, 0.29) is 0 Å². The summed E-state index contributed by atoms with van der Waals surface area (Å²) in [4.78, 5) is 2.44. The van der Waals surface area contributed by atoms with Crippen LogP contribution in [0.15, 0.2) is 12.2 Å². The van der Waals surface area contributed by atoms with Crippen molar-refractivity contribution in [1.29, 1.82) is 0 Å². The molecule has 21 heavy (non-hydrogen) atoms. The normalized spacial score (nSPS) is 30.0. The van der Waals surface area contributed by atoms with Crippen LogP contribution in [0.1, 0.15) is 32.1 Å². The van der Waals surface area contributed by atoms with Gasteiger partial charge in [-0.15, -0.1) is 0 Å². The zero-order valence-corrected chi connectivity index (χ0v) is 13.6. The van der Waals surface area contributed by atoms with Crippen LogP contribution in [-0.4, -0.2) is 67.7 Å². The molecule has 0 aromatic heterocycles. The van der Waals surface area contributed by atoms with E-state index < -0.39 is 10.2 Å². The van der Waals surface area contributed by atoms with Gasteiger partial charge in [0.2, 0.25) is 0 Å². The molecule has 2 heterocycles. The maximum absolute atomic E-state index is 12.5. The van der Waals surface area contributed by atoms with Crippen LogP contribution >= 0.6 is 0 Å². The summed E-state index contributed by atoms with van der Waals surface area (Å²) < 4.78 is 28.4. The van der Waals surface area contributed by atoms with Gasteiger partial charge in [-0.3, -0.25) is 0 Å². The lowest BCUT2D eigenvalue weighted by molar-refractivity contribution is 0.157. The first-order chi connectivity index (χ1) is 10.2. The molecule has 3 rings (SSSR count). The lowest BCUT2D eigenvalue weighted by atomic mass is 9.94. The van der Waals surface area contributed by atoms with E-state index in [1.165, 1.54) is 19.3 Å². The van der Waals surface area contributed by atoms with E-state index in [0.29, 0.717) is 26.2 Å². The van der Waals surface area contributed by atoms with Gasteiger partial charge in [0, 0.05) is 45.8 Å². The number of hydrogen-bond acceptors (Lipinski definition) is 3. The predicted octanol–water partition coefficient (Wildman–Crippen LogP) is 1.30. The van der Waals surface area contributed by atoms with Crippen LogP contribution < -0.4 is 0 Å². The average Bonchev–Trinajstić information content (AvgIpc) is 3.04. The number of allylic oxidation sites excluding steroid dienone is 2. The molecule has 5 nitrogen and oxygen atoms in total. The first kappa shape index (κ1) is 15.5. The smallest absolute Gasteiger partial charge is 0.282 e. The van der Waals surface area contributed by atoms with Crippen LogP contribution in [0.25, 0.3) is 0 Å². The second-order valence-corrected chi connectivity index (χ2v) is 8.39. The third kappa shape index (κ3) is 3.67. The molecular weight excluding hydrogens is 286 g/mol. The van der Waals surface area contributed by atoms with Crippen molar-refractivity contribution in [2.45, 2.75) is 32.1 Å². The minimum absolute atomic E-state index is 0.654. The first-order valence-corrected chi connectivity index (χ1v) is 9.68. The van der Waals surface area contributed by atoms with Gasteiger partial charge in [0.15, 0.2) is 0 Å². The summed E-state index contributed by atoms with van der Waals surface area (Å²) in [5.41, 5.74) is 0. The average molecular weight is 313 g/mol. The molecule has 120 valence electrons. The highest BCUT2D eigenvalue weighted by Crippen LogP contribution is 2.21. The number of hydrogen-bond donors (Lipinski definition) is 0. The molecule has 3 aliphatic rings. The molecule has 2 saturated heterocycles. The summed E-state index contributed by atoms with van der Waals surface area (Å²) in [5, 5.41) is 0. The fraction of sp³-hybridized carbons (Fsp3) is 0.867. The van der Waals surface area contributed by atoms with E-state index in [0.717, 1.165) is 38.4 Å². The molecule has 1 atom stereocenters. The minimum Gasteiger partial charge on any atom is -0.300 e. The van der Waals surface area contributed by atoms with Gasteiger partial charge >= 0.3 is 0 Å². The fourth-order valence-corrected chi connectivity index (χ4v) is 5.28. The Morgan fingerprint density at radius 3 is 2.19 bits per heavy atom. The van der Waals surface area contributed by atoms with Gasteiger partial charge in [-0.1, -0.05) is 12.2 Å². The highest BCUT2D eigenvalue weighted by Gasteiger charge is 2.33. The van der Waals surface area contributed by atoms with E-state index in [1.807, 2.05) is 0 Å². The van der Waals surface area contributed by atoms with Crippen LogP contribution in [0.5, 0.6) is 0 Å². The second-order valence-electron chi connectivity index (χ2n) is 6.46. The van der Waals surface area contributed by atoms with Crippen molar-refractivity contribution >= 4 is 10.2 Å². The van der Waals surface area contributed by atoms with Gasteiger partial charge in [0.1, 0.15) is 0 Å². The van der Waals surface area contributed by atoms with E-state index in [2.05, 4.69) is 17.1 Å². The second kappa shape index (κ2) is 6.77. The van der Waals surface area contributed by atoms with E-state index in [4.69, 9.17) is 0 Å². The zero-order chi connectivity index (χ0) is 14.7. The Labute approximate surface area is 128 Å². The number of rotatable bonds is 4. The summed E-state index contributed by atoms with van der Waals surface area (Å²) >= 11 is 0. The molecule has 2 fully saturated rings. The van der Waals surface area contributed by atoms with Crippen LogP contribution in [0, 0.1) is 5.92 Å². The van der Waals surface area contributed by atoms with Crippen molar-refractivity contribution in [3.05, 3.63) is 12.2 Å². The molecule has 0 unspecified atom stereocenters. The Morgan fingerprint density at radius 2 is 1.57 bits per heavy atom. The molecule has 0 radical (unpaired) electrons. The van der Waals surface area contributed by atoms with Crippen LogP contribution in [0.4, 0.5) is 0 Å². The van der Waals surface area contributed by atoms with Crippen LogP contribution in [0.3, 0.4) is 0 Å². The maximum atomic E-state index is 12.5. The zero-order valence-electron chi connectivity index (χ0n) is 12.8. The van der Waals surface area contributed by atoms with Crippen molar-refractivity contribution in [3.63, 3.8) is 0 Å². The Balaban J connectivity index is 1.49. The first-order valence-electron chi connectivity index (χ1n) is 8.29. The summed E-state index contributed by atoms with van der Waals surface area (Å²) in [7, 11) is -3.19. The molecule has 0 aromatic rings. The standard InChI is InChI=1S/C15H27N3O2S/c19-21(20,17-8-4-5-9-17)18-12-10-16(11-13-18)14-15-6-2-1-3-7-15/h1-2,15H,3-14H2/t15-/m0/s1. The topological polar surface area (TPSA) is 43.9 Å². The van der Waals surface area contributed by atoms with Crippen molar-refractivity contribution in [3.8, 4) is 0 Å². The van der Waals surface area contributed by atoms with Crippen molar-refractivity contribution in [2.75, 3.05) is 45.8 Å². The van der Waals surface area contributed by atoms with Crippen LogP contribution in [-0.2, 0) is 10.2 Å². The molecule has 0 spiro atoms. The van der Waals surface area contributed by atoms with E-state index in [9.17, 15) is 8.42 Å². The summed E-state index contributed by atoms with van der Waals surface area (Å²) in [6.07, 6.45) is 10.3. The fourth-order valence-electron chi connectivity index (χ4n) is 3.61. The third-order valence-electron chi connectivity index (χ3n) is 4.94. The number of piperazine rings is 1. The molecule has 1 aliphatic carbocycles. The molecule has 0 amide bonds. The quantitative estimate of drug-likeness (QED) is 0.735. The molecule has 0 bridgehead atoms. The summed E-state index contributed by atoms with van der Waals surface area (Å²) in [6, 6.07) is 0. The van der Waals surface area contributed by atoms with Gasteiger partial charge in [-0.2, -0.15) is 17.0 Å². The van der Waals surface area contributed by atoms with Gasteiger partial charge in [0.25, 0.3) is 10.2 Å². The predicted molar refractivity (Wildman–Crippen MR) is 84.2 cm³/mol. The van der Waals surface area contributed by atoms with E-state index >= 15 is 0 Å². The summed E-state index contributed by atoms with van der Waals surface area (Å²) in [6.45, 7) is 5.61. The monoisotopic (exact) mass is 313 g/mol. The lowest BCUT2D eigenvalue weighted by Gasteiger charge is -2.37. The van der Waals surface area contributed by atoms with Crippen molar-refractivity contribution < 1.29 is 8.42 Å². The van der Waals surface area contributed by atoms with Gasteiger partial charge in [-0.25, -0.2) is 0 Å². The van der Waals surface area contributed by atoms with Crippen LogP contribution in [0.2, 0.25) is 0 Å². The number of nitrogens with zero attached hydrogens (tertiary/aromatic N) is 3. The SMILES string of the molecule is O=S(=O)(N1CCCC1)N1CCN(C[C@H]2CC=CCC2)CC1. The summed E-state index contributed by atoms with van der Waals surface area (Å²) in [5.74, 6) is 0.761. The Kier molecular flexibility index (Phi) is 4.99. The molecule has 0 aromatic carbocycles. The maximum Gasteiger partial charge on any atom is 0.282 e. The molecule has 6 heteroatoms. The molecule has 2 aliphatic heterocycles.